The Labute approximate surface area is 96.2 Å². The number of rotatable bonds is 5. The molecular weight excluding hydrogens is 204 g/mol. The average molecular weight is 222 g/mol. The molecular formula is C13H18O3. The SMILES string of the molecule is CCC=CCC1=C(CC(=O)OC)CCC1=O. The van der Waals surface area contributed by atoms with E-state index in [1.54, 1.807) is 0 Å². The largest absolute Gasteiger partial charge is 0.469 e. The van der Waals surface area contributed by atoms with E-state index in [-0.39, 0.29) is 18.2 Å². The Morgan fingerprint density at radius 2 is 2.12 bits per heavy atom. The molecule has 0 heterocycles. The first kappa shape index (κ1) is 12.7. The van der Waals surface area contributed by atoms with E-state index < -0.39 is 0 Å². The maximum absolute atomic E-state index is 11.6. The number of esters is 1. The van der Waals surface area contributed by atoms with Gasteiger partial charge in [0.1, 0.15) is 0 Å². The molecule has 0 amide bonds. The molecule has 0 spiro atoms. The fourth-order valence-electron chi connectivity index (χ4n) is 1.83. The van der Waals surface area contributed by atoms with Gasteiger partial charge in [0.2, 0.25) is 0 Å². The topological polar surface area (TPSA) is 43.4 Å². The number of hydrogen-bond donors (Lipinski definition) is 0. The molecule has 3 heteroatoms. The third-order valence-electron chi connectivity index (χ3n) is 2.73. The van der Waals surface area contributed by atoms with Crippen molar-refractivity contribution in [2.75, 3.05) is 7.11 Å². The van der Waals surface area contributed by atoms with Crippen LogP contribution in [-0.2, 0) is 14.3 Å². The Morgan fingerprint density at radius 3 is 2.75 bits per heavy atom. The van der Waals surface area contributed by atoms with Crippen LogP contribution in [0.1, 0.15) is 39.0 Å². The fraction of sp³-hybridized carbons (Fsp3) is 0.538. The molecule has 0 aromatic rings. The van der Waals surface area contributed by atoms with E-state index in [0.717, 1.165) is 17.6 Å². The van der Waals surface area contributed by atoms with Crippen molar-refractivity contribution in [2.24, 2.45) is 0 Å². The first-order chi connectivity index (χ1) is 7.69. The number of ketones is 1. The van der Waals surface area contributed by atoms with Crippen LogP contribution >= 0.6 is 0 Å². The Balaban J connectivity index is 2.71. The minimum Gasteiger partial charge on any atom is -0.469 e. The summed E-state index contributed by atoms with van der Waals surface area (Å²) in [6.45, 7) is 2.05. The highest BCUT2D eigenvalue weighted by molar-refractivity contribution is 5.99. The van der Waals surface area contributed by atoms with Gasteiger partial charge in [-0.25, -0.2) is 0 Å². The van der Waals surface area contributed by atoms with Crippen molar-refractivity contribution in [1.82, 2.24) is 0 Å². The number of Topliss-reactive ketones (excluding diaryl/α,β-unsaturated/α-hetero) is 1. The molecule has 0 fully saturated rings. The smallest absolute Gasteiger partial charge is 0.309 e. The summed E-state index contributed by atoms with van der Waals surface area (Å²) in [6.07, 6.45) is 7.17. The molecule has 0 saturated heterocycles. The van der Waals surface area contributed by atoms with Gasteiger partial charge in [-0.2, -0.15) is 0 Å². The summed E-state index contributed by atoms with van der Waals surface area (Å²) < 4.78 is 4.62. The van der Waals surface area contributed by atoms with Crippen LogP contribution in [0.3, 0.4) is 0 Å². The zero-order chi connectivity index (χ0) is 12.0. The summed E-state index contributed by atoms with van der Waals surface area (Å²) in [5, 5.41) is 0. The zero-order valence-corrected chi connectivity index (χ0v) is 9.91. The molecule has 0 saturated carbocycles. The number of ether oxygens (including phenoxy) is 1. The fourth-order valence-corrected chi connectivity index (χ4v) is 1.83. The van der Waals surface area contributed by atoms with Crippen molar-refractivity contribution in [1.29, 1.82) is 0 Å². The van der Waals surface area contributed by atoms with Crippen LogP contribution < -0.4 is 0 Å². The van der Waals surface area contributed by atoms with E-state index in [1.807, 2.05) is 12.2 Å². The van der Waals surface area contributed by atoms with Gasteiger partial charge in [-0.15, -0.1) is 0 Å². The molecule has 1 aliphatic carbocycles. The Morgan fingerprint density at radius 1 is 1.38 bits per heavy atom. The number of carbonyl (C=O) groups excluding carboxylic acids is 2. The van der Waals surface area contributed by atoms with Crippen LogP contribution in [0.2, 0.25) is 0 Å². The molecule has 3 nitrogen and oxygen atoms in total. The monoisotopic (exact) mass is 222 g/mol. The second-order valence-electron chi connectivity index (χ2n) is 3.84. The van der Waals surface area contributed by atoms with Gasteiger partial charge in [0.15, 0.2) is 5.78 Å². The lowest BCUT2D eigenvalue weighted by atomic mass is 10.0. The predicted molar refractivity (Wildman–Crippen MR) is 61.9 cm³/mol. The number of hydrogen-bond acceptors (Lipinski definition) is 3. The van der Waals surface area contributed by atoms with Gasteiger partial charge in [-0.05, 0) is 24.8 Å². The summed E-state index contributed by atoms with van der Waals surface area (Å²) in [5.41, 5.74) is 1.77. The van der Waals surface area contributed by atoms with Gasteiger partial charge < -0.3 is 4.74 Å². The lowest BCUT2D eigenvalue weighted by Crippen LogP contribution is -2.02. The van der Waals surface area contributed by atoms with Gasteiger partial charge in [-0.3, -0.25) is 9.59 Å². The molecule has 0 unspecified atom stereocenters. The Bertz CT molecular complexity index is 337. The van der Waals surface area contributed by atoms with Crippen LogP contribution in [0.15, 0.2) is 23.3 Å². The molecule has 0 atom stereocenters. The van der Waals surface area contributed by atoms with E-state index >= 15 is 0 Å². The van der Waals surface area contributed by atoms with E-state index in [1.165, 1.54) is 7.11 Å². The van der Waals surface area contributed by atoms with Crippen molar-refractivity contribution in [2.45, 2.75) is 39.0 Å². The summed E-state index contributed by atoms with van der Waals surface area (Å²) in [6, 6.07) is 0. The summed E-state index contributed by atoms with van der Waals surface area (Å²) in [7, 11) is 1.37. The molecule has 0 bridgehead atoms. The number of allylic oxidation sites excluding steroid dienone is 3. The Hall–Kier alpha value is -1.38. The molecule has 0 aliphatic heterocycles. The van der Waals surface area contributed by atoms with Crippen LogP contribution in [-0.4, -0.2) is 18.9 Å². The van der Waals surface area contributed by atoms with E-state index in [4.69, 9.17) is 0 Å². The van der Waals surface area contributed by atoms with Crippen molar-refractivity contribution in [3.05, 3.63) is 23.3 Å². The normalized spacial score (nSPS) is 16.2. The predicted octanol–water partition coefficient (Wildman–Crippen LogP) is 2.57. The quantitative estimate of drug-likeness (QED) is 0.530. The first-order valence-corrected chi connectivity index (χ1v) is 5.65. The van der Waals surface area contributed by atoms with Crippen molar-refractivity contribution >= 4 is 11.8 Å². The Kier molecular flexibility index (Phi) is 4.96. The van der Waals surface area contributed by atoms with Gasteiger partial charge >= 0.3 is 5.97 Å². The molecule has 1 aliphatic rings. The molecule has 16 heavy (non-hydrogen) atoms. The van der Waals surface area contributed by atoms with Crippen molar-refractivity contribution in [3.8, 4) is 0 Å². The summed E-state index contributed by atoms with van der Waals surface area (Å²) >= 11 is 0. The first-order valence-electron chi connectivity index (χ1n) is 5.65. The van der Waals surface area contributed by atoms with E-state index in [0.29, 0.717) is 19.3 Å². The maximum atomic E-state index is 11.6. The molecule has 0 N–H and O–H groups in total. The van der Waals surface area contributed by atoms with Crippen LogP contribution in [0.4, 0.5) is 0 Å². The molecule has 1 rings (SSSR count). The minimum absolute atomic E-state index is 0.180. The summed E-state index contributed by atoms with van der Waals surface area (Å²) in [5.74, 6) is -0.0821. The standard InChI is InChI=1S/C13H18O3/c1-3-4-5-6-11-10(7-8-12(11)14)9-13(15)16-2/h4-5H,3,6-9H2,1-2H3. The highest BCUT2D eigenvalue weighted by atomic mass is 16.5. The van der Waals surface area contributed by atoms with Crippen LogP contribution in [0.5, 0.6) is 0 Å². The molecule has 0 radical (unpaired) electrons. The zero-order valence-electron chi connectivity index (χ0n) is 9.91. The third kappa shape index (κ3) is 3.33. The van der Waals surface area contributed by atoms with Gasteiger partial charge in [0.25, 0.3) is 0 Å². The number of carbonyl (C=O) groups is 2. The highest BCUT2D eigenvalue weighted by Crippen LogP contribution is 2.28. The molecule has 88 valence electrons. The molecule has 0 aromatic carbocycles. The second kappa shape index (κ2) is 6.26. The summed E-state index contributed by atoms with van der Waals surface area (Å²) in [4.78, 5) is 22.8. The third-order valence-corrected chi connectivity index (χ3v) is 2.73. The highest BCUT2D eigenvalue weighted by Gasteiger charge is 2.23. The van der Waals surface area contributed by atoms with Crippen molar-refractivity contribution < 1.29 is 14.3 Å². The molecule has 0 aromatic heterocycles. The lowest BCUT2D eigenvalue weighted by molar-refractivity contribution is -0.139. The van der Waals surface area contributed by atoms with E-state index in [9.17, 15) is 9.59 Å². The van der Waals surface area contributed by atoms with Crippen LogP contribution in [0, 0.1) is 0 Å². The van der Waals surface area contributed by atoms with Crippen LogP contribution in [0.25, 0.3) is 0 Å². The van der Waals surface area contributed by atoms with Gasteiger partial charge in [-0.1, -0.05) is 24.6 Å². The van der Waals surface area contributed by atoms with Crippen molar-refractivity contribution in [3.63, 3.8) is 0 Å². The lowest BCUT2D eigenvalue weighted by Gasteiger charge is -2.03. The van der Waals surface area contributed by atoms with Gasteiger partial charge in [0, 0.05) is 6.42 Å². The number of methoxy groups -OCH3 is 1. The second-order valence-corrected chi connectivity index (χ2v) is 3.84. The van der Waals surface area contributed by atoms with Gasteiger partial charge in [0.05, 0.1) is 13.5 Å². The minimum atomic E-state index is -0.262. The van der Waals surface area contributed by atoms with E-state index in [2.05, 4.69) is 11.7 Å². The maximum Gasteiger partial charge on any atom is 0.309 e. The average Bonchev–Trinajstić information content (AvgIpc) is 2.61.